The maximum atomic E-state index is 12.9. The molecule has 0 saturated heterocycles. The monoisotopic (exact) mass is 405 g/mol. The van der Waals surface area contributed by atoms with Crippen molar-refractivity contribution in [3.05, 3.63) is 82.3 Å². The molecule has 0 bridgehead atoms. The van der Waals surface area contributed by atoms with Crippen LogP contribution in [0.2, 0.25) is 0 Å². The first-order valence-electron chi connectivity index (χ1n) is 8.45. The van der Waals surface area contributed by atoms with E-state index in [2.05, 4.69) is 4.98 Å². The lowest BCUT2D eigenvalue weighted by Crippen LogP contribution is -2.04. The summed E-state index contributed by atoms with van der Waals surface area (Å²) in [6.07, 6.45) is 3.23. The fourth-order valence-electron chi connectivity index (χ4n) is 2.89. The van der Waals surface area contributed by atoms with Gasteiger partial charge in [-0.05, 0) is 25.1 Å². The van der Waals surface area contributed by atoms with E-state index in [0.717, 1.165) is 16.1 Å². The van der Waals surface area contributed by atoms with E-state index < -0.39 is 9.84 Å². The van der Waals surface area contributed by atoms with E-state index in [4.69, 9.17) is 0 Å². The molecule has 2 aromatic carbocycles. The Morgan fingerprint density at radius 3 is 2.54 bits per heavy atom. The number of benzene rings is 2. The van der Waals surface area contributed by atoms with Crippen LogP contribution in [-0.2, 0) is 9.84 Å². The van der Waals surface area contributed by atoms with Gasteiger partial charge in [-0.2, -0.15) is 5.26 Å². The molecule has 4 aromatic rings. The summed E-state index contributed by atoms with van der Waals surface area (Å²) in [5.74, 6) is 0. The fourth-order valence-corrected chi connectivity index (χ4v) is 4.76. The summed E-state index contributed by atoms with van der Waals surface area (Å²) in [4.78, 5) is 5.15. The topological polar surface area (TPSA) is 75.2 Å². The summed E-state index contributed by atoms with van der Waals surface area (Å²) in [5, 5.41) is 11.5. The molecule has 2 heterocycles. The highest BCUT2D eigenvalue weighted by atomic mass is 32.2. The largest absolute Gasteiger partial charge is 0.290 e. The molecule has 138 valence electrons. The van der Waals surface area contributed by atoms with Gasteiger partial charge in [0.05, 0.1) is 16.3 Å². The number of aryl methyl sites for hydroxylation is 1. The molecule has 0 atom stereocenters. The lowest BCUT2D eigenvalue weighted by Gasteiger charge is -2.05. The predicted molar refractivity (Wildman–Crippen MR) is 110 cm³/mol. The maximum absolute atomic E-state index is 12.9. The molecule has 0 fully saturated rings. The number of imidazole rings is 1. The Balaban J connectivity index is 1.93. The number of nitrogens with zero attached hydrogens (tertiary/aromatic N) is 3. The number of nitriles is 1. The van der Waals surface area contributed by atoms with Crippen molar-refractivity contribution in [2.24, 2.45) is 0 Å². The normalized spacial score (nSPS) is 12.2. The highest BCUT2D eigenvalue weighted by molar-refractivity contribution is 7.95. The number of hydrogen-bond donors (Lipinski definition) is 0. The number of aromatic nitrogens is 2. The molecule has 28 heavy (non-hydrogen) atoms. The Morgan fingerprint density at radius 1 is 1.14 bits per heavy atom. The molecule has 0 amide bonds. The molecule has 0 saturated carbocycles. The van der Waals surface area contributed by atoms with Crippen LogP contribution in [-0.4, -0.2) is 17.8 Å². The van der Waals surface area contributed by atoms with Crippen molar-refractivity contribution in [3.63, 3.8) is 0 Å². The molecule has 0 N–H and O–H groups in total. The Bertz CT molecular complexity index is 1320. The van der Waals surface area contributed by atoms with Crippen molar-refractivity contribution in [2.75, 3.05) is 0 Å². The molecule has 2 aromatic heterocycles. The van der Waals surface area contributed by atoms with Crippen LogP contribution in [0.3, 0.4) is 0 Å². The zero-order valence-corrected chi connectivity index (χ0v) is 16.5. The number of hydrogen-bond acceptors (Lipinski definition) is 5. The molecule has 7 heteroatoms. The molecular weight excluding hydrogens is 390 g/mol. The summed E-state index contributed by atoms with van der Waals surface area (Å²) in [5.41, 5.74) is 3.19. The van der Waals surface area contributed by atoms with Gasteiger partial charge in [0.2, 0.25) is 9.84 Å². The third-order valence-electron chi connectivity index (χ3n) is 4.35. The van der Waals surface area contributed by atoms with E-state index in [0.29, 0.717) is 11.4 Å². The van der Waals surface area contributed by atoms with E-state index in [9.17, 15) is 13.7 Å². The van der Waals surface area contributed by atoms with Gasteiger partial charge < -0.3 is 0 Å². The Labute approximate surface area is 166 Å². The molecule has 0 aliphatic carbocycles. The van der Waals surface area contributed by atoms with E-state index in [-0.39, 0.29) is 9.80 Å². The Kier molecular flexibility index (Phi) is 4.59. The first-order chi connectivity index (χ1) is 13.5. The first kappa shape index (κ1) is 18.2. The molecule has 0 aliphatic heterocycles. The van der Waals surface area contributed by atoms with Gasteiger partial charge in [0.15, 0.2) is 9.87 Å². The van der Waals surface area contributed by atoms with E-state index in [1.54, 1.807) is 22.6 Å². The SMILES string of the molecule is Cc1ccc(-c2nc3sccn3c2/C=C(\C#N)S(=O)(=O)c2ccccc2)cc1. The van der Waals surface area contributed by atoms with Crippen LogP contribution in [0.5, 0.6) is 0 Å². The molecular formula is C21H15N3O2S2. The van der Waals surface area contributed by atoms with Crippen LogP contribution >= 0.6 is 11.3 Å². The van der Waals surface area contributed by atoms with E-state index in [1.165, 1.54) is 29.5 Å². The van der Waals surface area contributed by atoms with Gasteiger partial charge in [-0.15, -0.1) is 11.3 Å². The summed E-state index contributed by atoms with van der Waals surface area (Å²) < 4.78 is 27.7. The fraction of sp³-hybridized carbons (Fsp3) is 0.0476. The minimum absolute atomic E-state index is 0.0887. The van der Waals surface area contributed by atoms with Gasteiger partial charge in [0, 0.05) is 17.1 Å². The zero-order valence-electron chi connectivity index (χ0n) is 14.9. The minimum Gasteiger partial charge on any atom is -0.290 e. The Hall–Kier alpha value is -3.21. The van der Waals surface area contributed by atoms with Crippen LogP contribution in [0.4, 0.5) is 0 Å². The Morgan fingerprint density at radius 2 is 1.86 bits per heavy atom. The number of fused-ring (bicyclic) bond motifs is 1. The molecule has 0 spiro atoms. The second kappa shape index (κ2) is 7.08. The highest BCUT2D eigenvalue weighted by Gasteiger charge is 2.23. The van der Waals surface area contributed by atoms with Crippen LogP contribution in [0.15, 0.2) is 76.0 Å². The molecule has 0 radical (unpaired) electrons. The maximum Gasteiger partial charge on any atom is 0.216 e. The van der Waals surface area contributed by atoms with Gasteiger partial charge in [-0.3, -0.25) is 4.40 Å². The van der Waals surface area contributed by atoms with Crippen LogP contribution in [0.25, 0.3) is 22.3 Å². The van der Waals surface area contributed by atoms with Crippen molar-refractivity contribution < 1.29 is 8.42 Å². The van der Waals surface area contributed by atoms with E-state index >= 15 is 0 Å². The predicted octanol–water partition coefficient (Wildman–Crippen LogP) is 4.71. The average Bonchev–Trinajstić information content (AvgIpc) is 3.29. The number of sulfone groups is 1. The average molecular weight is 406 g/mol. The van der Waals surface area contributed by atoms with Crippen molar-refractivity contribution in [2.45, 2.75) is 11.8 Å². The van der Waals surface area contributed by atoms with Gasteiger partial charge >= 0.3 is 0 Å². The van der Waals surface area contributed by atoms with Gasteiger partial charge in [-0.25, -0.2) is 13.4 Å². The smallest absolute Gasteiger partial charge is 0.216 e. The summed E-state index contributed by atoms with van der Waals surface area (Å²) in [6, 6.07) is 17.7. The van der Waals surface area contributed by atoms with Crippen LogP contribution in [0.1, 0.15) is 11.3 Å². The van der Waals surface area contributed by atoms with Gasteiger partial charge in [0.1, 0.15) is 6.07 Å². The van der Waals surface area contributed by atoms with Crippen molar-refractivity contribution in [1.29, 1.82) is 5.26 Å². The summed E-state index contributed by atoms with van der Waals surface area (Å²) in [7, 11) is -3.92. The summed E-state index contributed by atoms with van der Waals surface area (Å²) in [6.45, 7) is 2.00. The zero-order chi connectivity index (χ0) is 19.7. The third kappa shape index (κ3) is 3.13. The lowest BCUT2D eigenvalue weighted by molar-refractivity contribution is 0.603. The molecule has 4 rings (SSSR count). The van der Waals surface area contributed by atoms with Gasteiger partial charge in [-0.1, -0.05) is 48.0 Å². The number of allylic oxidation sites excluding steroid dienone is 1. The van der Waals surface area contributed by atoms with E-state index in [1.807, 2.05) is 48.8 Å². The van der Waals surface area contributed by atoms with Crippen molar-refractivity contribution in [3.8, 4) is 17.3 Å². The first-order valence-corrected chi connectivity index (χ1v) is 10.8. The van der Waals surface area contributed by atoms with Gasteiger partial charge in [0.25, 0.3) is 0 Å². The molecule has 0 unspecified atom stereocenters. The second-order valence-corrected chi connectivity index (χ2v) is 9.00. The third-order valence-corrected chi connectivity index (χ3v) is 6.78. The minimum atomic E-state index is -3.92. The lowest BCUT2D eigenvalue weighted by atomic mass is 10.1. The number of thiazole rings is 1. The molecule has 5 nitrogen and oxygen atoms in total. The quantitative estimate of drug-likeness (QED) is 0.461. The second-order valence-electron chi connectivity index (χ2n) is 6.20. The number of rotatable bonds is 4. The van der Waals surface area contributed by atoms with Crippen molar-refractivity contribution in [1.82, 2.24) is 9.38 Å². The summed E-state index contributed by atoms with van der Waals surface area (Å²) >= 11 is 1.45. The molecule has 0 aliphatic rings. The van der Waals surface area contributed by atoms with Crippen molar-refractivity contribution >= 4 is 32.2 Å². The highest BCUT2D eigenvalue weighted by Crippen LogP contribution is 2.30. The van der Waals surface area contributed by atoms with Crippen LogP contribution < -0.4 is 0 Å². The van der Waals surface area contributed by atoms with Crippen LogP contribution in [0, 0.1) is 18.3 Å². The standard InChI is InChI=1S/C21H15N3O2S2/c1-15-7-9-16(10-8-15)20-19(24-11-12-27-21(24)23-20)13-18(14-22)28(25,26)17-5-3-2-4-6-17/h2-13H,1H3/b18-13+.